The van der Waals surface area contributed by atoms with Crippen LogP contribution in [-0.2, 0) is 15.8 Å². The number of hydrogen-bond donors (Lipinski definition) is 2. The first-order valence-corrected chi connectivity index (χ1v) is 8.45. The zero-order valence-corrected chi connectivity index (χ0v) is 13.8. The molecule has 1 aromatic rings. The monoisotopic (exact) mass is 357 g/mol. The standard InChI is InChI=1S/C18H22F3NO3/c19-18(20,21)13-8-6-12(7-9-13)14-11-15(14)17(25)22-10-4-2-1-3-5-16(23)24/h6-9,14-15H,1-5,10-11H2,(H,22,25)(H,23,24). The highest BCUT2D eigenvalue weighted by atomic mass is 19.4. The van der Waals surface area contributed by atoms with Crippen molar-refractivity contribution >= 4 is 11.9 Å². The largest absolute Gasteiger partial charge is 0.481 e. The number of carbonyl (C=O) groups excluding carboxylic acids is 1. The number of amides is 1. The molecule has 2 unspecified atom stereocenters. The Hall–Kier alpha value is -2.05. The second-order valence-corrected chi connectivity index (χ2v) is 6.42. The van der Waals surface area contributed by atoms with E-state index >= 15 is 0 Å². The maximum Gasteiger partial charge on any atom is 0.416 e. The molecule has 1 saturated carbocycles. The average molecular weight is 357 g/mol. The number of carboxylic acids is 1. The summed E-state index contributed by atoms with van der Waals surface area (Å²) in [7, 11) is 0. The molecule has 1 fully saturated rings. The van der Waals surface area contributed by atoms with Gasteiger partial charge in [0.05, 0.1) is 5.56 Å². The molecule has 2 rings (SSSR count). The van der Waals surface area contributed by atoms with Crippen molar-refractivity contribution in [1.29, 1.82) is 0 Å². The highest BCUT2D eigenvalue weighted by Crippen LogP contribution is 2.47. The third kappa shape index (κ3) is 6.07. The molecular formula is C18H22F3NO3. The Morgan fingerprint density at radius 2 is 1.72 bits per heavy atom. The summed E-state index contributed by atoms with van der Waals surface area (Å²) in [4.78, 5) is 22.4. The lowest BCUT2D eigenvalue weighted by Crippen LogP contribution is -2.26. The van der Waals surface area contributed by atoms with E-state index in [4.69, 9.17) is 5.11 Å². The fourth-order valence-corrected chi connectivity index (χ4v) is 2.87. The van der Waals surface area contributed by atoms with Gasteiger partial charge in [-0.25, -0.2) is 0 Å². The van der Waals surface area contributed by atoms with Gasteiger partial charge in [-0.15, -0.1) is 0 Å². The maximum absolute atomic E-state index is 12.5. The van der Waals surface area contributed by atoms with Crippen molar-refractivity contribution in [3.63, 3.8) is 0 Å². The van der Waals surface area contributed by atoms with E-state index < -0.39 is 17.7 Å². The van der Waals surface area contributed by atoms with Crippen LogP contribution in [0.25, 0.3) is 0 Å². The second kappa shape index (κ2) is 8.36. The van der Waals surface area contributed by atoms with E-state index in [-0.39, 0.29) is 24.2 Å². The average Bonchev–Trinajstić information content (AvgIpc) is 3.33. The molecule has 1 aromatic carbocycles. The topological polar surface area (TPSA) is 66.4 Å². The molecule has 1 aliphatic carbocycles. The van der Waals surface area contributed by atoms with Gasteiger partial charge in [0.2, 0.25) is 5.91 Å². The molecule has 0 spiro atoms. The van der Waals surface area contributed by atoms with Gasteiger partial charge in [-0.2, -0.15) is 13.2 Å². The Bertz CT molecular complexity index is 599. The van der Waals surface area contributed by atoms with Gasteiger partial charge in [-0.3, -0.25) is 9.59 Å². The number of alkyl halides is 3. The maximum atomic E-state index is 12.5. The molecule has 25 heavy (non-hydrogen) atoms. The minimum absolute atomic E-state index is 0.00199. The summed E-state index contributed by atoms with van der Waals surface area (Å²) in [6, 6.07) is 5.01. The van der Waals surface area contributed by atoms with Gasteiger partial charge in [0, 0.05) is 18.9 Å². The van der Waals surface area contributed by atoms with E-state index in [0.29, 0.717) is 19.4 Å². The van der Waals surface area contributed by atoms with Crippen LogP contribution in [0, 0.1) is 5.92 Å². The first kappa shape index (κ1) is 19.3. The summed E-state index contributed by atoms with van der Waals surface area (Å²) in [5.41, 5.74) is 0.0858. The normalized spacial score (nSPS) is 19.5. The van der Waals surface area contributed by atoms with E-state index in [9.17, 15) is 22.8 Å². The van der Waals surface area contributed by atoms with Gasteiger partial charge < -0.3 is 10.4 Å². The molecule has 1 aliphatic rings. The number of carbonyl (C=O) groups is 2. The Kier molecular flexibility index (Phi) is 6.45. The highest BCUT2D eigenvalue weighted by molar-refractivity contribution is 5.82. The minimum Gasteiger partial charge on any atom is -0.481 e. The number of nitrogens with one attached hydrogen (secondary N) is 1. The molecule has 2 atom stereocenters. The van der Waals surface area contributed by atoms with E-state index in [1.165, 1.54) is 12.1 Å². The van der Waals surface area contributed by atoms with Crippen molar-refractivity contribution in [2.45, 2.75) is 50.6 Å². The molecule has 0 radical (unpaired) electrons. The van der Waals surface area contributed by atoms with Gasteiger partial charge >= 0.3 is 12.1 Å². The summed E-state index contributed by atoms with van der Waals surface area (Å²) < 4.78 is 37.6. The van der Waals surface area contributed by atoms with Crippen LogP contribution in [0.3, 0.4) is 0 Å². The van der Waals surface area contributed by atoms with Gasteiger partial charge in [0.15, 0.2) is 0 Å². The lowest BCUT2D eigenvalue weighted by atomic mass is 10.1. The molecule has 0 heterocycles. The molecule has 0 aromatic heterocycles. The van der Waals surface area contributed by atoms with Crippen molar-refractivity contribution in [3.8, 4) is 0 Å². The second-order valence-electron chi connectivity index (χ2n) is 6.42. The minimum atomic E-state index is -4.34. The van der Waals surface area contributed by atoms with Gasteiger partial charge in [0.1, 0.15) is 0 Å². The van der Waals surface area contributed by atoms with Crippen LogP contribution < -0.4 is 5.32 Å². The summed E-state index contributed by atoms with van der Waals surface area (Å²) in [6.45, 7) is 0.544. The first-order valence-electron chi connectivity index (χ1n) is 8.45. The molecular weight excluding hydrogens is 335 g/mol. The zero-order valence-electron chi connectivity index (χ0n) is 13.8. The zero-order chi connectivity index (χ0) is 18.4. The Morgan fingerprint density at radius 1 is 1.08 bits per heavy atom. The van der Waals surface area contributed by atoms with E-state index in [1.807, 2.05) is 0 Å². The number of carboxylic acid groups (broad SMARTS) is 1. The van der Waals surface area contributed by atoms with Gasteiger partial charge in [0.25, 0.3) is 0 Å². The molecule has 0 saturated heterocycles. The van der Waals surface area contributed by atoms with E-state index in [1.54, 1.807) is 0 Å². The number of halogens is 3. The van der Waals surface area contributed by atoms with Gasteiger partial charge in [-0.1, -0.05) is 25.0 Å². The molecule has 138 valence electrons. The smallest absolute Gasteiger partial charge is 0.416 e. The van der Waals surface area contributed by atoms with Crippen molar-refractivity contribution in [2.24, 2.45) is 5.92 Å². The van der Waals surface area contributed by atoms with Crippen molar-refractivity contribution < 1.29 is 27.9 Å². The van der Waals surface area contributed by atoms with Crippen LogP contribution in [0.15, 0.2) is 24.3 Å². The molecule has 2 N–H and O–H groups in total. The fourth-order valence-electron chi connectivity index (χ4n) is 2.87. The first-order chi connectivity index (χ1) is 11.8. The third-order valence-corrected chi connectivity index (χ3v) is 4.41. The predicted octanol–water partition coefficient (Wildman–Crippen LogP) is 3.96. The number of benzene rings is 1. The van der Waals surface area contributed by atoms with Crippen LogP contribution in [0.4, 0.5) is 13.2 Å². The Morgan fingerprint density at radius 3 is 2.32 bits per heavy atom. The predicted molar refractivity (Wildman–Crippen MR) is 86.0 cm³/mol. The summed E-state index contributed by atoms with van der Waals surface area (Å²) >= 11 is 0. The van der Waals surface area contributed by atoms with Crippen LogP contribution in [0.1, 0.15) is 55.6 Å². The lowest BCUT2D eigenvalue weighted by molar-refractivity contribution is -0.138. The lowest BCUT2D eigenvalue weighted by Gasteiger charge is -2.08. The summed E-state index contributed by atoms with van der Waals surface area (Å²) in [5, 5.41) is 11.4. The molecule has 7 heteroatoms. The van der Waals surface area contributed by atoms with E-state index in [0.717, 1.165) is 37.0 Å². The van der Waals surface area contributed by atoms with E-state index in [2.05, 4.69) is 5.32 Å². The Balaban J connectivity index is 1.65. The summed E-state index contributed by atoms with van der Waals surface area (Å²) in [6.07, 6.45) is -0.395. The van der Waals surface area contributed by atoms with Crippen LogP contribution in [0.5, 0.6) is 0 Å². The van der Waals surface area contributed by atoms with Crippen molar-refractivity contribution in [2.75, 3.05) is 6.54 Å². The molecule has 0 aliphatic heterocycles. The highest BCUT2D eigenvalue weighted by Gasteiger charge is 2.44. The molecule has 1 amide bonds. The van der Waals surface area contributed by atoms with Crippen LogP contribution in [0.2, 0.25) is 0 Å². The van der Waals surface area contributed by atoms with Crippen LogP contribution >= 0.6 is 0 Å². The molecule has 0 bridgehead atoms. The van der Waals surface area contributed by atoms with Crippen molar-refractivity contribution in [1.82, 2.24) is 5.32 Å². The Labute approximate surface area is 144 Å². The number of aliphatic carboxylic acids is 1. The summed E-state index contributed by atoms with van der Waals surface area (Å²) in [5.74, 6) is -1.02. The number of rotatable bonds is 9. The SMILES string of the molecule is O=C(O)CCCCCCNC(=O)C1CC1c1ccc(C(F)(F)F)cc1. The van der Waals surface area contributed by atoms with Crippen LogP contribution in [-0.4, -0.2) is 23.5 Å². The van der Waals surface area contributed by atoms with Gasteiger partial charge in [-0.05, 0) is 42.9 Å². The number of hydrogen-bond acceptors (Lipinski definition) is 2. The quantitative estimate of drug-likeness (QED) is 0.658. The molecule has 4 nitrogen and oxygen atoms in total. The fraction of sp³-hybridized carbons (Fsp3) is 0.556. The number of unbranched alkanes of at least 4 members (excludes halogenated alkanes) is 3. The van der Waals surface area contributed by atoms with Crippen molar-refractivity contribution in [3.05, 3.63) is 35.4 Å². The third-order valence-electron chi connectivity index (χ3n) is 4.41.